The Labute approximate surface area is 173 Å². The lowest BCUT2D eigenvalue weighted by Crippen LogP contribution is -2.28. The van der Waals surface area contributed by atoms with E-state index in [0.29, 0.717) is 10.5 Å². The molecule has 1 saturated heterocycles. The minimum Gasteiger partial charge on any atom is -0.465 e. The number of terminal acetylenes is 1. The lowest BCUT2D eigenvalue weighted by atomic mass is 10.1. The van der Waals surface area contributed by atoms with Gasteiger partial charge in [-0.2, -0.15) is 0 Å². The molecule has 3 rings (SSSR count). The average molecular weight is 408 g/mol. The second kappa shape index (κ2) is 8.02. The van der Waals surface area contributed by atoms with Crippen molar-refractivity contribution in [2.24, 2.45) is 0 Å². The Morgan fingerprint density at radius 1 is 1.24 bits per heavy atom. The van der Waals surface area contributed by atoms with E-state index < -0.39 is 5.97 Å². The highest BCUT2D eigenvalue weighted by Crippen LogP contribution is 2.34. The molecule has 0 N–H and O–H groups in total. The van der Waals surface area contributed by atoms with E-state index in [1.807, 2.05) is 37.5 Å². The van der Waals surface area contributed by atoms with Crippen molar-refractivity contribution in [3.63, 3.8) is 0 Å². The number of rotatable bonds is 4. The minimum absolute atomic E-state index is 0.0411. The second-order valence-corrected chi connectivity index (χ2v) is 7.62. The molecule has 1 aromatic heterocycles. The van der Waals surface area contributed by atoms with E-state index in [1.165, 1.54) is 7.11 Å². The first kappa shape index (κ1) is 20.5. The van der Waals surface area contributed by atoms with Crippen LogP contribution in [-0.4, -0.2) is 40.2 Å². The molecule has 2 aromatic rings. The van der Waals surface area contributed by atoms with Crippen molar-refractivity contribution in [2.75, 3.05) is 13.7 Å². The van der Waals surface area contributed by atoms with Crippen molar-refractivity contribution in [1.82, 2.24) is 9.47 Å². The van der Waals surface area contributed by atoms with Crippen LogP contribution >= 0.6 is 11.8 Å². The standard InChI is InChI=1S/C22H20N2O4S/c1-6-9-23-20(25)19(29-22(23)27)12-17-10-14(3)24(15(17)4)18-11-16(21(26)28-5)8-7-13(18)2/h1,7-8,10-12H,9H2,2-5H3/b19-12-. The van der Waals surface area contributed by atoms with Crippen LogP contribution in [0.4, 0.5) is 4.79 Å². The van der Waals surface area contributed by atoms with E-state index in [9.17, 15) is 14.4 Å². The molecule has 1 aliphatic rings. The first-order valence-electron chi connectivity index (χ1n) is 8.85. The number of methoxy groups -OCH3 is 1. The van der Waals surface area contributed by atoms with E-state index in [1.54, 1.807) is 18.2 Å². The quantitative estimate of drug-likeness (QED) is 0.437. The Morgan fingerprint density at radius 2 is 1.97 bits per heavy atom. The van der Waals surface area contributed by atoms with Crippen molar-refractivity contribution in [2.45, 2.75) is 20.8 Å². The monoisotopic (exact) mass is 408 g/mol. The molecule has 1 aromatic carbocycles. The molecule has 0 aliphatic carbocycles. The summed E-state index contributed by atoms with van der Waals surface area (Å²) >= 11 is 0.881. The molecule has 2 heterocycles. The minimum atomic E-state index is -0.406. The highest BCUT2D eigenvalue weighted by atomic mass is 32.2. The van der Waals surface area contributed by atoms with Gasteiger partial charge in [-0.25, -0.2) is 4.79 Å². The number of ether oxygens (including phenoxy) is 1. The summed E-state index contributed by atoms with van der Waals surface area (Å²) in [6, 6.07) is 7.31. The van der Waals surface area contributed by atoms with Crippen LogP contribution < -0.4 is 0 Å². The Balaban J connectivity index is 2.05. The van der Waals surface area contributed by atoms with Crippen LogP contribution in [0.15, 0.2) is 29.2 Å². The Hall–Kier alpha value is -3.24. The zero-order chi connectivity index (χ0) is 21.3. The van der Waals surface area contributed by atoms with Crippen LogP contribution in [-0.2, 0) is 9.53 Å². The highest BCUT2D eigenvalue weighted by Gasteiger charge is 2.34. The first-order chi connectivity index (χ1) is 13.8. The van der Waals surface area contributed by atoms with Gasteiger partial charge in [0, 0.05) is 17.1 Å². The summed E-state index contributed by atoms with van der Waals surface area (Å²) in [5, 5.41) is -0.366. The van der Waals surface area contributed by atoms with Crippen molar-refractivity contribution in [3.05, 3.63) is 57.2 Å². The summed E-state index contributed by atoms with van der Waals surface area (Å²) in [4.78, 5) is 37.8. The number of nitrogens with zero attached hydrogens (tertiary/aromatic N) is 2. The van der Waals surface area contributed by atoms with E-state index in [0.717, 1.165) is 44.9 Å². The fourth-order valence-electron chi connectivity index (χ4n) is 3.27. The summed E-state index contributed by atoms with van der Waals surface area (Å²) in [6.07, 6.45) is 6.95. The normalized spacial score (nSPS) is 15.1. The smallest absolute Gasteiger partial charge is 0.337 e. The molecule has 0 saturated carbocycles. The summed E-state index contributed by atoms with van der Waals surface area (Å²) in [5.74, 6) is 1.54. The molecule has 148 valence electrons. The largest absolute Gasteiger partial charge is 0.465 e. The van der Waals surface area contributed by atoms with Gasteiger partial charge in [0.1, 0.15) is 0 Å². The molecule has 1 aliphatic heterocycles. The molecule has 6 nitrogen and oxygen atoms in total. The number of esters is 1. The molecule has 0 atom stereocenters. The Morgan fingerprint density at radius 3 is 2.62 bits per heavy atom. The Kier molecular flexibility index (Phi) is 5.66. The molecular formula is C22H20N2O4S. The number of aromatic nitrogens is 1. The van der Waals surface area contributed by atoms with Crippen molar-refractivity contribution in [3.8, 4) is 18.0 Å². The van der Waals surface area contributed by atoms with Crippen LogP contribution in [0, 0.1) is 33.1 Å². The van der Waals surface area contributed by atoms with Gasteiger partial charge in [-0.3, -0.25) is 14.5 Å². The predicted molar refractivity (Wildman–Crippen MR) is 113 cm³/mol. The van der Waals surface area contributed by atoms with E-state index in [2.05, 4.69) is 5.92 Å². The molecule has 0 bridgehead atoms. The van der Waals surface area contributed by atoms with Gasteiger partial charge in [-0.05, 0) is 67.9 Å². The number of carbonyl (C=O) groups excluding carboxylic acids is 3. The van der Waals surface area contributed by atoms with Gasteiger partial charge in [0.15, 0.2) is 0 Å². The van der Waals surface area contributed by atoms with Gasteiger partial charge >= 0.3 is 5.97 Å². The molecular weight excluding hydrogens is 388 g/mol. The summed E-state index contributed by atoms with van der Waals surface area (Å²) in [7, 11) is 1.35. The number of hydrogen-bond acceptors (Lipinski definition) is 5. The number of thioether (sulfide) groups is 1. The third-order valence-electron chi connectivity index (χ3n) is 4.75. The molecule has 0 unspecified atom stereocenters. The zero-order valence-electron chi connectivity index (χ0n) is 16.6. The average Bonchev–Trinajstić information content (AvgIpc) is 3.12. The van der Waals surface area contributed by atoms with Gasteiger partial charge in [0.25, 0.3) is 11.1 Å². The third kappa shape index (κ3) is 3.71. The van der Waals surface area contributed by atoms with Crippen LogP contribution in [0.3, 0.4) is 0 Å². The van der Waals surface area contributed by atoms with Gasteiger partial charge < -0.3 is 9.30 Å². The molecule has 0 spiro atoms. The summed E-state index contributed by atoms with van der Waals surface area (Å²) in [6.45, 7) is 5.79. The lowest BCUT2D eigenvalue weighted by Gasteiger charge is -2.14. The van der Waals surface area contributed by atoms with Gasteiger partial charge in [-0.15, -0.1) is 6.42 Å². The number of amides is 2. The predicted octanol–water partition coefficient (Wildman–Crippen LogP) is 3.86. The van der Waals surface area contributed by atoms with Crippen molar-refractivity contribution < 1.29 is 19.1 Å². The molecule has 0 radical (unpaired) electrons. The summed E-state index contributed by atoms with van der Waals surface area (Å²) in [5.41, 5.74) is 4.93. The number of carbonyl (C=O) groups is 3. The highest BCUT2D eigenvalue weighted by molar-refractivity contribution is 8.18. The summed E-state index contributed by atoms with van der Waals surface area (Å²) < 4.78 is 6.84. The topological polar surface area (TPSA) is 68.6 Å². The fraction of sp³-hybridized carbons (Fsp3) is 0.227. The van der Waals surface area contributed by atoms with E-state index >= 15 is 0 Å². The lowest BCUT2D eigenvalue weighted by molar-refractivity contribution is -0.122. The van der Waals surface area contributed by atoms with E-state index in [-0.39, 0.29) is 17.7 Å². The van der Waals surface area contributed by atoms with Gasteiger partial charge in [0.05, 0.1) is 24.1 Å². The van der Waals surface area contributed by atoms with Crippen LogP contribution in [0.2, 0.25) is 0 Å². The van der Waals surface area contributed by atoms with Crippen LogP contribution in [0.5, 0.6) is 0 Å². The number of hydrogen-bond donors (Lipinski definition) is 0. The molecule has 1 fully saturated rings. The Bertz CT molecular complexity index is 1100. The maximum Gasteiger partial charge on any atom is 0.337 e. The number of aryl methyl sites for hydroxylation is 2. The number of benzene rings is 1. The van der Waals surface area contributed by atoms with Gasteiger partial charge in [0.2, 0.25) is 0 Å². The second-order valence-electron chi connectivity index (χ2n) is 6.63. The van der Waals surface area contributed by atoms with Crippen LogP contribution in [0.1, 0.15) is 32.9 Å². The third-order valence-corrected chi connectivity index (χ3v) is 5.66. The SMILES string of the molecule is C#CCN1C(=O)S/C(=C\c2cc(C)n(-c3cc(C(=O)OC)ccc3C)c2C)C1=O. The number of imide groups is 1. The maximum absolute atomic E-state index is 12.5. The zero-order valence-corrected chi connectivity index (χ0v) is 17.4. The van der Waals surface area contributed by atoms with E-state index in [4.69, 9.17) is 11.2 Å². The first-order valence-corrected chi connectivity index (χ1v) is 9.67. The van der Waals surface area contributed by atoms with Crippen LogP contribution in [0.25, 0.3) is 11.8 Å². The maximum atomic E-state index is 12.5. The molecule has 2 amide bonds. The fourth-order valence-corrected chi connectivity index (χ4v) is 4.10. The molecule has 7 heteroatoms. The molecule has 29 heavy (non-hydrogen) atoms. The van der Waals surface area contributed by atoms with Crippen molar-refractivity contribution >= 4 is 35.0 Å². The van der Waals surface area contributed by atoms with Gasteiger partial charge in [-0.1, -0.05) is 12.0 Å². The van der Waals surface area contributed by atoms with Crippen molar-refractivity contribution in [1.29, 1.82) is 0 Å².